The first-order valence-corrected chi connectivity index (χ1v) is 7.89. The molecular weight excluding hydrogens is 330 g/mol. The molecule has 0 saturated carbocycles. The number of amides is 1. The maximum atomic E-state index is 12.1. The van der Waals surface area contributed by atoms with Crippen molar-refractivity contribution >= 4 is 62.7 Å². The molecule has 1 saturated heterocycles. The Balaban J connectivity index is 2.12. The van der Waals surface area contributed by atoms with Gasteiger partial charge in [-0.25, -0.2) is 4.98 Å². The van der Waals surface area contributed by atoms with Gasteiger partial charge in [-0.15, -0.1) is 17.9 Å². The molecule has 1 aliphatic heterocycles. The van der Waals surface area contributed by atoms with Crippen molar-refractivity contribution in [2.24, 2.45) is 0 Å². The van der Waals surface area contributed by atoms with Gasteiger partial charge < -0.3 is 10.4 Å². The Bertz CT molecular complexity index is 639. The molecule has 0 bridgehead atoms. The number of hydrogen-bond donors (Lipinski definition) is 2. The Labute approximate surface area is 134 Å². The van der Waals surface area contributed by atoms with Gasteiger partial charge in [0.05, 0.1) is 10.6 Å². The van der Waals surface area contributed by atoms with E-state index in [4.69, 9.17) is 17.3 Å². The summed E-state index contributed by atoms with van der Waals surface area (Å²) in [5.41, 5.74) is 0.627. The van der Waals surface area contributed by atoms with Gasteiger partial charge in [0, 0.05) is 11.9 Å². The quantitative estimate of drug-likeness (QED) is 0.465. The molecule has 1 aromatic rings. The number of hydrogen-bond acceptors (Lipinski definition) is 7. The highest BCUT2D eigenvalue weighted by atomic mass is 32.2. The van der Waals surface area contributed by atoms with Crippen molar-refractivity contribution in [3.8, 4) is 0 Å². The van der Waals surface area contributed by atoms with Crippen LogP contribution < -0.4 is 5.32 Å². The molecule has 2 rings (SSSR count). The summed E-state index contributed by atoms with van der Waals surface area (Å²) < 4.78 is 0.244. The highest BCUT2D eigenvalue weighted by Crippen LogP contribution is 2.32. The van der Waals surface area contributed by atoms with E-state index in [2.05, 4.69) is 16.9 Å². The summed E-state index contributed by atoms with van der Waals surface area (Å²) in [5, 5.41) is 14.3. The third-order valence-electron chi connectivity index (χ3n) is 2.37. The van der Waals surface area contributed by atoms with E-state index in [9.17, 15) is 9.59 Å². The molecule has 0 radical (unpaired) electrons. The fraction of sp³-hybridized carbons (Fsp3) is 0.167. The molecule has 0 spiro atoms. The second-order valence-corrected chi connectivity index (χ2v) is 6.44. The number of carbonyl (C=O) groups excluding carboxylic acids is 1. The van der Waals surface area contributed by atoms with E-state index in [1.807, 2.05) is 0 Å². The summed E-state index contributed by atoms with van der Waals surface area (Å²) in [5.74, 6) is -1.50. The number of rotatable bonds is 6. The summed E-state index contributed by atoms with van der Waals surface area (Å²) in [6, 6.07) is 0. The zero-order chi connectivity index (χ0) is 15.4. The van der Waals surface area contributed by atoms with Crippen LogP contribution in [0.4, 0.5) is 5.13 Å². The number of nitrogens with zero attached hydrogens (tertiary/aromatic N) is 2. The third-order valence-corrected chi connectivity index (χ3v) is 4.56. The number of carboxylic acid groups (broad SMARTS) is 1. The van der Waals surface area contributed by atoms with Crippen LogP contribution in [0.1, 0.15) is 5.69 Å². The molecule has 1 aromatic heterocycles. The first-order chi connectivity index (χ1) is 10.0. The largest absolute Gasteiger partial charge is 0.480 e. The number of aromatic nitrogens is 1. The molecule has 9 heteroatoms. The molecule has 110 valence electrons. The van der Waals surface area contributed by atoms with E-state index in [0.717, 1.165) is 21.8 Å². The number of thioether (sulfide) groups is 1. The van der Waals surface area contributed by atoms with Gasteiger partial charge in [-0.05, 0) is 6.08 Å². The Kier molecular flexibility index (Phi) is 5.10. The Morgan fingerprint density at radius 3 is 3.05 bits per heavy atom. The molecule has 0 aromatic carbocycles. The lowest BCUT2D eigenvalue weighted by molar-refractivity contribution is -0.140. The zero-order valence-electron chi connectivity index (χ0n) is 10.7. The first kappa shape index (κ1) is 15.7. The van der Waals surface area contributed by atoms with Crippen LogP contribution in [-0.2, 0) is 9.59 Å². The van der Waals surface area contributed by atoms with Gasteiger partial charge >= 0.3 is 5.97 Å². The molecule has 0 aliphatic carbocycles. The van der Waals surface area contributed by atoms with Gasteiger partial charge in [0.15, 0.2) is 5.13 Å². The van der Waals surface area contributed by atoms with Gasteiger partial charge in [-0.1, -0.05) is 30.1 Å². The zero-order valence-corrected chi connectivity index (χ0v) is 13.2. The number of anilines is 1. The topological polar surface area (TPSA) is 82.5 Å². The lowest BCUT2D eigenvalue weighted by Crippen LogP contribution is -2.33. The second kappa shape index (κ2) is 6.83. The number of thiazole rings is 1. The standard InChI is InChI=1S/C12H11N3O3S3/c1-2-3-13-11-14-7(6-20-11)4-8-10(18)15(5-9(16)17)12(19)21-8/h2,4,6H,1,3,5H2,(H,13,14)(H,16,17). The molecular formula is C12H11N3O3S3. The van der Waals surface area contributed by atoms with Crippen LogP contribution >= 0.6 is 35.3 Å². The van der Waals surface area contributed by atoms with Crippen molar-refractivity contribution in [3.05, 3.63) is 28.6 Å². The third kappa shape index (κ3) is 3.90. The van der Waals surface area contributed by atoms with E-state index in [1.165, 1.54) is 11.3 Å². The molecule has 1 aliphatic rings. The smallest absolute Gasteiger partial charge is 0.323 e. The van der Waals surface area contributed by atoms with Gasteiger partial charge in [0.1, 0.15) is 10.9 Å². The van der Waals surface area contributed by atoms with E-state index >= 15 is 0 Å². The SMILES string of the molecule is C=CCNc1nc(C=C2SC(=S)N(CC(=O)O)C2=O)cs1. The number of carbonyl (C=O) groups is 2. The van der Waals surface area contributed by atoms with Gasteiger partial charge in [-0.2, -0.15) is 0 Å². The van der Waals surface area contributed by atoms with Crippen LogP contribution in [0, 0.1) is 0 Å². The number of carboxylic acids is 1. The summed E-state index contributed by atoms with van der Waals surface area (Å²) in [4.78, 5) is 28.5. The predicted molar refractivity (Wildman–Crippen MR) is 88.3 cm³/mol. The predicted octanol–water partition coefficient (Wildman–Crippen LogP) is 2.03. The number of nitrogens with one attached hydrogen (secondary N) is 1. The van der Waals surface area contributed by atoms with E-state index < -0.39 is 18.4 Å². The summed E-state index contributed by atoms with van der Waals surface area (Å²) in [6.45, 7) is 3.78. The molecule has 1 fully saturated rings. The molecule has 1 amide bonds. The molecule has 6 nitrogen and oxygen atoms in total. The van der Waals surface area contributed by atoms with Crippen molar-refractivity contribution in [2.75, 3.05) is 18.4 Å². The van der Waals surface area contributed by atoms with E-state index in [-0.39, 0.29) is 4.32 Å². The van der Waals surface area contributed by atoms with Gasteiger partial charge in [0.25, 0.3) is 5.91 Å². The van der Waals surface area contributed by atoms with Crippen LogP contribution in [0.25, 0.3) is 6.08 Å². The summed E-state index contributed by atoms with van der Waals surface area (Å²) in [6.07, 6.45) is 3.33. The summed E-state index contributed by atoms with van der Waals surface area (Å²) >= 11 is 7.50. The molecule has 2 N–H and O–H groups in total. The molecule has 0 unspecified atom stereocenters. The average molecular weight is 341 g/mol. The minimum absolute atomic E-state index is 0.244. The minimum Gasteiger partial charge on any atom is -0.480 e. The Morgan fingerprint density at radius 1 is 1.62 bits per heavy atom. The van der Waals surface area contributed by atoms with Crippen LogP contribution in [0.3, 0.4) is 0 Å². The van der Waals surface area contributed by atoms with Crippen molar-refractivity contribution < 1.29 is 14.7 Å². The van der Waals surface area contributed by atoms with Crippen LogP contribution in [0.2, 0.25) is 0 Å². The van der Waals surface area contributed by atoms with Crippen molar-refractivity contribution in [2.45, 2.75) is 0 Å². The summed E-state index contributed by atoms with van der Waals surface area (Å²) in [7, 11) is 0. The highest BCUT2D eigenvalue weighted by molar-refractivity contribution is 8.26. The monoisotopic (exact) mass is 341 g/mol. The van der Waals surface area contributed by atoms with E-state index in [1.54, 1.807) is 17.5 Å². The Hall–Kier alpha value is -1.71. The molecule has 0 atom stereocenters. The molecule has 2 heterocycles. The van der Waals surface area contributed by atoms with Gasteiger partial charge in [-0.3, -0.25) is 14.5 Å². The minimum atomic E-state index is -1.10. The van der Waals surface area contributed by atoms with Crippen LogP contribution in [0.5, 0.6) is 0 Å². The molecule has 21 heavy (non-hydrogen) atoms. The number of thiocarbonyl (C=S) groups is 1. The van der Waals surface area contributed by atoms with Crippen molar-refractivity contribution in [3.63, 3.8) is 0 Å². The van der Waals surface area contributed by atoms with E-state index in [0.29, 0.717) is 17.1 Å². The lowest BCUT2D eigenvalue weighted by atomic mass is 10.3. The fourth-order valence-electron chi connectivity index (χ4n) is 1.50. The fourth-order valence-corrected chi connectivity index (χ4v) is 3.42. The van der Waals surface area contributed by atoms with Crippen molar-refractivity contribution in [1.29, 1.82) is 0 Å². The van der Waals surface area contributed by atoms with Gasteiger partial charge in [0.2, 0.25) is 0 Å². The normalized spacial score (nSPS) is 16.6. The second-order valence-electron chi connectivity index (χ2n) is 3.91. The Morgan fingerprint density at radius 2 is 2.38 bits per heavy atom. The number of aliphatic carboxylic acids is 1. The maximum Gasteiger partial charge on any atom is 0.323 e. The maximum absolute atomic E-state index is 12.1. The highest BCUT2D eigenvalue weighted by Gasteiger charge is 2.33. The van der Waals surface area contributed by atoms with Crippen LogP contribution in [-0.4, -0.2) is 44.3 Å². The average Bonchev–Trinajstić information content (AvgIpc) is 2.97. The van der Waals surface area contributed by atoms with Crippen molar-refractivity contribution in [1.82, 2.24) is 9.88 Å². The van der Waals surface area contributed by atoms with Crippen LogP contribution in [0.15, 0.2) is 22.9 Å². The lowest BCUT2D eigenvalue weighted by Gasteiger charge is -2.09. The first-order valence-electron chi connectivity index (χ1n) is 5.78.